The van der Waals surface area contributed by atoms with Gasteiger partial charge in [-0.15, -0.1) is 12.4 Å². The van der Waals surface area contributed by atoms with Crippen molar-refractivity contribution in [3.8, 4) is 0 Å². The molecule has 0 fully saturated rings. The highest BCUT2D eigenvalue weighted by Crippen LogP contribution is 2.24. The molecule has 0 heterocycles. The van der Waals surface area contributed by atoms with Crippen molar-refractivity contribution in [1.29, 1.82) is 0 Å². The lowest BCUT2D eigenvalue weighted by molar-refractivity contribution is -0.116. The highest BCUT2D eigenvalue weighted by atomic mass is 35.5. The number of benzene rings is 1. The van der Waals surface area contributed by atoms with Crippen LogP contribution in [0.2, 0.25) is 10.0 Å². The van der Waals surface area contributed by atoms with Crippen molar-refractivity contribution in [2.24, 2.45) is 5.73 Å². The minimum Gasteiger partial charge on any atom is -0.330 e. The van der Waals surface area contributed by atoms with Crippen molar-refractivity contribution in [1.82, 2.24) is 0 Å². The van der Waals surface area contributed by atoms with E-state index in [9.17, 15) is 4.79 Å². The summed E-state index contributed by atoms with van der Waals surface area (Å²) in [6, 6.07) is 4.96. The van der Waals surface area contributed by atoms with E-state index in [1.54, 1.807) is 18.2 Å². The van der Waals surface area contributed by atoms with Crippen LogP contribution in [-0.4, -0.2) is 12.5 Å². The first-order valence-electron chi connectivity index (χ1n) is 4.58. The molecule has 0 saturated carbocycles. The lowest BCUT2D eigenvalue weighted by Crippen LogP contribution is -2.13. The number of nitrogens with two attached hydrogens (primary N) is 1. The molecule has 6 heteroatoms. The first-order chi connectivity index (χ1) is 7.13. The van der Waals surface area contributed by atoms with E-state index in [-0.39, 0.29) is 18.3 Å². The third-order valence-electron chi connectivity index (χ3n) is 1.81. The first kappa shape index (κ1) is 15.5. The average Bonchev–Trinajstić information content (AvgIpc) is 2.20. The molecular weight excluding hydrogens is 270 g/mol. The quantitative estimate of drug-likeness (QED) is 0.892. The number of anilines is 1. The van der Waals surface area contributed by atoms with Gasteiger partial charge in [0.05, 0.1) is 10.0 Å². The van der Waals surface area contributed by atoms with E-state index >= 15 is 0 Å². The number of halogens is 3. The van der Waals surface area contributed by atoms with E-state index in [0.717, 1.165) is 0 Å². The van der Waals surface area contributed by atoms with Crippen molar-refractivity contribution in [3.05, 3.63) is 28.2 Å². The lowest BCUT2D eigenvalue weighted by atomic mass is 10.2. The van der Waals surface area contributed by atoms with Crippen molar-refractivity contribution in [2.45, 2.75) is 12.8 Å². The molecule has 1 aromatic carbocycles. The fraction of sp³-hybridized carbons (Fsp3) is 0.300. The largest absolute Gasteiger partial charge is 0.330 e. The van der Waals surface area contributed by atoms with Gasteiger partial charge >= 0.3 is 0 Å². The summed E-state index contributed by atoms with van der Waals surface area (Å²) in [7, 11) is 0. The third-order valence-corrected chi connectivity index (χ3v) is 2.55. The Labute approximate surface area is 111 Å². The number of hydrogen-bond donors (Lipinski definition) is 2. The Balaban J connectivity index is 0.00000225. The van der Waals surface area contributed by atoms with Crippen molar-refractivity contribution >= 4 is 47.2 Å². The van der Waals surface area contributed by atoms with E-state index in [4.69, 9.17) is 28.9 Å². The molecule has 0 aliphatic rings. The minimum absolute atomic E-state index is 0. The van der Waals surface area contributed by atoms with Gasteiger partial charge in [-0.2, -0.15) is 0 Å². The number of carbonyl (C=O) groups is 1. The van der Waals surface area contributed by atoms with Crippen LogP contribution in [0.1, 0.15) is 12.8 Å². The number of hydrogen-bond acceptors (Lipinski definition) is 2. The van der Waals surface area contributed by atoms with Crippen LogP contribution in [0.15, 0.2) is 18.2 Å². The molecule has 0 radical (unpaired) electrons. The second kappa shape index (κ2) is 7.74. The molecule has 0 spiro atoms. The van der Waals surface area contributed by atoms with Gasteiger partial charge in [0, 0.05) is 12.1 Å². The van der Waals surface area contributed by atoms with Crippen molar-refractivity contribution in [2.75, 3.05) is 11.9 Å². The Kier molecular flexibility index (Phi) is 7.51. The van der Waals surface area contributed by atoms with Gasteiger partial charge in [-0.25, -0.2) is 0 Å². The highest BCUT2D eigenvalue weighted by molar-refractivity contribution is 6.42. The second-order valence-electron chi connectivity index (χ2n) is 3.07. The van der Waals surface area contributed by atoms with E-state index in [0.29, 0.717) is 35.1 Å². The molecule has 0 saturated heterocycles. The number of rotatable bonds is 4. The van der Waals surface area contributed by atoms with E-state index in [1.165, 1.54) is 0 Å². The fourth-order valence-electron chi connectivity index (χ4n) is 1.06. The van der Waals surface area contributed by atoms with E-state index in [2.05, 4.69) is 5.32 Å². The van der Waals surface area contributed by atoms with Crippen LogP contribution in [0.5, 0.6) is 0 Å². The van der Waals surface area contributed by atoms with Gasteiger partial charge in [0.1, 0.15) is 0 Å². The maximum atomic E-state index is 11.3. The predicted molar refractivity (Wildman–Crippen MR) is 70.6 cm³/mol. The molecule has 0 aliphatic heterocycles. The zero-order chi connectivity index (χ0) is 11.3. The molecule has 0 atom stereocenters. The molecule has 1 amide bonds. The highest BCUT2D eigenvalue weighted by Gasteiger charge is 2.03. The SMILES string of the molecule is Cl.NCCCC(=O)Nc1ccc(Cl)c(Cl)c1. The molecule has 1 rings (SSSR count). The summed E-state index contributed by atoms with van der Waals surface area (Å²) in [5.41, 5.74) is 5.94. The van der Waals surface area contributed by atoms with Gasteiger partial charge < -0.3 is 11.1 Å². The fourth-order valence-corrected chi connectivity index (χ4v) is 1.36. The maximum Gasteiger partial charge on any atom is 0.224 e. The summed E-state index contributed by atoms with van der Waals surface area (Å²) in [5, 5.41) is 3.60. The molecule has 1 aromatic rings. The number of carbonyl (C=O) groups excluding carboxylic acids is 1. The molecular formula is C10H13Cl3N2O. The molecule has 0 aromatic heterocycles. The average molecular weight is 284 g/mol. The zero-order valence-electron chi connectivity index (χ0n) is 8.50. The Morgan fingerprint density at radius 1 is 1.31 bits per heavy atom. The summed E-state index contributed by atoms with van der Waals surface area (Å²) in [6.45, 7) is 0.509. The van der Waals surface area contributed by atoms with Crippen molar-refractivity contribution < 1.29 is 4.79 Å². The molecule has 3 N–H and O–H groups in total. The monoisotopic (exact) mass is 282 g/mol. The maximum absolute atomic E-state index is 11.3. The summed E-state index contributed by atoms with van der Waals surface area (Å²) >= 11 is 11.5. The van der Waals surface area contributed by atoms with E-state index in [1.807, 2.05) is 0 Å². The normalized spacial score (nSPS) is 9.44. The molecule has 3 nitrogen and oxygen atoms in total. The van der Waals surface area contributed by atoms with Crippen LogP contribution in [0.4, 0.5) is 5.69 Å². The molecule has 0 unspecified atom stereocenters. The molecule has 0 aliphatic carbocycles. The van der Waals surface area contributed by atoms with Crippen LogP contribution in [0.3, 0.4) is 0 Å². The minimum atomic E-state index is -0.0705. The van der Waals surface area contributed by atoms with Crippen molar-refractivity contribution in [3.63, 3.8) is 0 Å². The summed E-state index contributed by atoms with van der Waals surface area (Å²) < 4.78 is 0. The third kappa shape index (κ3) is 5.03. The standard InChI is InChI=1S/C10H12Cl2N2O.ClH/c11-8-4-3-7(6-9(8)12)14-10(15)2-1-5-13;/h3-4,6H,1-2,5,13H2,(H,14,15);1H. The zero-order valence-corrected chi connectivity index (χ0v) is 10.8. The number of nitrogens with one attached hydrogen (secondary N) is 1. The Bertz CT molecular complexity index is 358. The smallest absolute Gasteiger partial charge is 0.224 e. The lowest BCUT2D eigenvalue weighted by Gasteiger charge is -2.05. The van der Waals surface area contributed by atoms with Gasteiger partial charge in [0.15, 0.2) is 0 Å². The van der Waals surface area contributed by atoms with Gasteiger partial charge in [0.25, 0.3) is 0 Å². The van der Waals surface area contributed by atoms with Gasteiger partial charge in [-0.05, 0) is 31.2 Å². The molecule has 90 valence electrons. The second-order valence-corrected chi connectivity index (χ2v) is 3.88. The first-order valence-corrected chi connectivity index (χ1v) is 5.34. The molecule has 16 heavy (non-hydrogen) atoms. The Morgan fingerprint density at radius 2 is 2.00 bits per heavy atom. The Morgan fingerprint density at radius 3 is 2.56 bits per heavy atom. The van der Waals surface area contributed by atoms with E-state index < -0.39 is 0 Å². The Hall–Kier alpha value is -0.480. The summed E-state index contributed by atoms with van der Waals surface area (Å²) in [5.74, 6) is -0.0705. The topological polar surface area (TPSA) is 55.1 Å². The number of amides is 1. The molecule has 0 bridgehead atoms. The van der Waals surface area contributed by atoms with Crippen LogP contribution in [0, 0.1) is 0 Å². The van der Waals surface area contributed by atoms with Gasteiger partial charge in [-0.1, -0.05) is 23.2 Å². The van der Waals surface area contributed by atoms with Crippen LogP contribution in [-0.2, 0) is 4.79 Å². The summed E-state index contributed by atoms with van der Waals surface area (Å²) in [6.07, 6.45) is 1.09. The predicted octanol–water partition coefficient (Wildman–Crippen LogP) is 3.09. The van der Waals surface area contributed by atoms with Gasteiger partial charge in [-0.3, -0.25) is 4.79 Å². The summed E-state index contributed by atoms with van der Waals surface area (Å²) in [4.78, 5) is 11.3. The van der Waals surface area contributed by atoms with Crippen LogP contribution < -0.4 is 11.1 Å². The van der Waals surface area contributed by atoms with Gasteiger partial charge in [0.2, 0.25) is 5.91 Å². The van der Waals surface area contributed by atoms with Crippen LogP contribution >= 0.6 is 35.6 Å². The van der Waals surface area contributed by atoms with Crippen LogP contribution in [0.25, 0.3) is 0 Å².